The molecule has 5 nitrogen and oxygen atoms in total. The maximum atomic E-state index is 5.80. The zero-order chi connectivity index (χ0) is 14.7. The minimum absolute atomic E-state index is 0.314. The van der Waals surface area contributed by atoms with E-state index in [4.69, 9.17) is 9.47 Å². The molecule has 2 fully saturated rings. The van der Waals surface area contributed by atoms with Gasteiger partial charge in [0, 0.05) is 38.9 Å². The molecule has 0 amide bonds. The summed E-state index contributed by atoms with van der Waals surface area (Å²) in [5.41, 5.74) is 1.33. The molecule has 0 spiro atoms. The first-order valence-electron chi connectivity index (χ1n) is 7.86. The van der Waals surface area contributed by atoms with E-state index in [-0.39, 0.29) is 0 Å². The molecule has 2 aliphatic heterocycles. The summed E-state index contributed by atoms with van der Waals surface area (Å²) in [6.45, 7) is 10.7. The molecule has 0 aromatic carbocycles. The first-order chi connectivity index (χ1) is 10.2. The van der Waals surface area contributed by atoms with Crippen LogP contribution >= 0.6 is 0 Å². The average Bonchev–Trinajstić information content (AvgIpc) is 2.47. The van der Waals surface area contributed by atoms with Crippen molar-refractivity contribution in [1.29, 1.82) is 0 Å². The second kappa shape index (κ2) is 6.73. The highest BCUT2D eigenvalue weighted by Crippen LogP contribution is 2.18. The molecule has 116 valence electrons. The molecule has 3 rings (SSSR count). The van der Waals surface area contributed by atoms with E-state index in [9.17, 15) is 0 Å². The Morgan fingerprint density at radius 1 is 1.19 bits per heavy atom. The van der Waals surface area contributed by atoms with Gasteiger partial charge in [-0.25, -0.2) is 4.98 Å². The average molecular weight is 291 g/mol. The zero-order valence-electron chi connectivity index (χ0n) is 13.0. The van der Waals surface area contributed by atoms with E-state index < -0.39 is 0 Å². The second-order valence-electron chi connectivity index (χ2n) is 6.07. The molecule has 1 aromatic rings. The Balaban J connectivity index is 1.65. The Labute approximate surface area is 126 Å². The molecule has 1 aromatic heterocycles. The van der Waals surface area contributed by atoms with Crippen molar-refractivity contribution in [2.45, 2.75) is 32.6 Å². The molecule has 2 saturated heterocycles. The highest BCUT2D eigenvalue weighted by molar-refractivity contribution is 5.41. The predicted molar refractivity (Wildman–Crippen MR) is 82.6 cm³/mol. The van der Waals surface area contributed by atoms with Gasteiger partial charge in [-0.1, -0.05) is 0 Å². The van der Waals surface area contributed by atoms with Gasteiger partial charge in [0.15, 0.2) is 0 Å². The van der Waals surface area contributed by atoms with Gasteiger partial charge < -0.3 is 14.4 Å². The lowest BCUT2D eigenvalue weighted by Crippen LogP contribution is -2.44. The molecule has 2 unspecified atom stereocenters. The van der Waals surface area contributed by atoms with Crippen LogP contribution in [0.15, 0.2) is 18.3 Å². The smallest absolute Gasteiger partial charge is 0.128 e. The van der Waals surface area contributed by atoms with Gasteiger partial charge in [-0.3, -0.25) is 4.90 Å². The number of nitrogens with zero attached hydrogens (tertiary/aromatic N) is 3. The summed E-state index contributed by atoms with van der Waals surface area (Å²) in [5.74, 6) is 1.07. The SMILES string of the molecule is CC1CN(Cc2ccnc(N3CCOCC3)c2)CC(C)O1. The Morgan fingerprint density at radius 3 is 2.62 bits per heavy atom. The van der Waals surface area contributed by atoms with E-state index in [0.29, 0.717) is 12.2 Å². The van der Waals surface area contributed by atoms with Crippen LogP contribution in [-0.2, 0) is 16.0 Å². The third-order valence-corrected chi connectivity index (χ3v) is 4.05. The van der Waals surface area contributed by atoms with Crippen molar-refractivity contribution in [2.24, 2.45) is 0 Å². The minimum Gasteiger partial charge on any atom is -0.378 e. The standard InChI is InChI=1S/C16H25N3O2/c1-13-10-18(11-14(2)21-13)12-15-3-4-17-16(9-15)19-5-7-20-8-6-19/h3-4,9,13-14H,5-8,10-12H2,1-2H3. The van der Waals surface area contributed by atoms with Gasteiger partial charge in [0.2, 0.25) is 0 Å². The number of ether oxygens (including phenoxy) is 2. The number of aromatic nitrogens is 1. The third-order valence-electron chi connectivity index (χ3n) is 4.05. The van der Waals surface area contributed by atoms with Gasteiger partial charge in [0.05, 0.1) is 25.4 Å². The van der Waals surface area contributed by atoms with Crippen LogP contribution in [-0.4, -0.2) is 61.5 Å². The predicted octanol–water partition coefficient (Wildman–Crippen LogP) is 1.53. The summed E-state index contributed by atoms with van der Waals surface area (Å²) < 4.78 is 11.2. The van der Waals surface area contributed by atoms with Crippen molar-refractivity contribution in [3.05, 3.63) is 23.9 Å². The molecule has 0 bridgehead atoms. The number of rotatable bonds is 3. The van der Waals surface area contributed by atoms with Gasteiger partial charge >= 0.3 is 0 Å². The first kappa shape index (κ1) is 14.8. The summed E-state index contributed by atoms with van der Waals surface area (Å²) in [4.78, 5) is 9.29. The second-order valence-corrected chi connectivity index (χ2v) is 6.07. The third kappa shape index (κ3) is 3.93. The lowest BCUT2D eigenvalue weighted by Gasteiger charge is -2.35. The molecule has 2 atom stereocenters. The van der Waals surface area contributed by atoms with Gasteiger partial charge in [0.25, 0.3) is 0 Å². The number of hydrogen-bond donors (Lipinski definition) is 0. The molecular formula is C16H25N3O2. The molecule has 0 N–H and O–H groups in total. The fourth-order valence-electron chi connectivity index (χ4n) is 3.20. The van der Waals surface area contributed by atoms with Crippen molar-refractivity contribution in [1.82, 2.24) is 9.88 Å². The quantitative estimate of drug-likeness (QED) is 0.844. The van der Waals surface area contributed by atoms with Gasteiger partial charge in [0.1, 0.15) is 5.82 Å². The molecule has 0 radical (unpaired) electrons. The van der Waals surface area contributed by atoms with Crippen LogP contribution in [0.4, 0.5) is 5.82 Å². The van der Waals surface area contributed by atoms with E-state index in [2.05, 4.69) is 40.8 Å². The maximum absolute atomic E-state index is 5.80. The lowest BCUT2D eigenvalue weighted by atomic mass is 10.2. The maximum Gasteiger partial charge on any atom is 0.128 e. The topological polar surface area (TPSA) is 37.8 Å². The van der Waals surface area contributed by atoms with E-state index in [0.717, 1.165) is 51.8 Å². The van der Waals surface area contributed by atoms with Crippen LogP contribution in [0.3, 0.4) is 0 Å². The molecule has 2 aliphatic rings. The zero-order valence-corrected chi connectivity index (χ0v) is 13.0. The molecule has 5 heteroatoms. The Morgan fingerprint density at radius 2 is 1.90 bits per heavy atom. The molecule has 3 heterocycles. The fourth-order valence-corrected chi connectivity index (χ4v) is 3.20. The van der Waals surface area contributed by atoms with Crippen molar-refractivity contribution in [2.75, 3.05) is 44.3 Å². The monoisotopic (exact) mass is 291 g/mol. The van der Waals surface area contributed by atoms with Gasteiger partial charge in [-0.15, -0.1) is 0 Å². The Kier molecular flexibility index (Phi) is 4.73. The normalized spacial score (nSPS) is 27.8. The van der Waals surface area contributed by atoms with E-state index in [1.54, 1.807) is 0 Å². The summed E-state index contributed by atoms with van der Waals surface area (Å²) >= 11 is 0. The van der Waals surface area contributed by atoms with Crippen molar-refractivity contribution in [3.8, 4) is 0 Å². The highest BCUT2D eigenvalue weighted by atomic mass is 16.5. The van der Waals surface area contributed by atoms with Crippen LogP contribution < -0.4 is 4.90 Å². The van der Waals surface area contributed by atoms with Crippen molar-refractivity contribution < 1.29 is 9.47 Å². The molecule has 21 heavy (non-hydrogen) atoms. The summed E-state index contributed by atoms with van der Waals surface area (Å²) in [5, 5.41) is 0. The largest absolute Gasteiger partial charge is 0.378 e. The summed E-state index contributed by atoms with van der Waals surface area (Å²) in [7, 11) is 0. The van der Waals surface area contributed by atoms with Crippen molar-refractivity contribution in [3.63, 3.8) is 0 Å². The van der Waals surface area contributed by atoms with Crippen LogP contribution in [0.1, 0.15) is 19.4 Å². The number of pyridine rings is 1. The van der Waals surface area contributed by atoms with Crippen LogP contribution in [0, 0.1) is 0 Å². The first-order valence-corrected chi connectivity index (χ1v) is 7.86. The molecule has 0 saturated carbocycles. The van der Waals surface area contributed by atoms with Gasteiger partial charge in [-0.05, 0) is 31.5 Å². The number of anilines is 1. The van der Waals surface area contributed by atoms with Crippen LogP contribution in [0.2, 0.25) is 0 Å². The van der Waals surface area contributed by atoms with Crippen LogP contribution in [0.5, 0.6) is 0 Å². The molecule has 0 aliphatic carbocycles. The van der Waals surface area contributed by atoms with Gasteiger partial charge in [-0.2, -0.15) is 0 Å². The highest BCUT2D eigenvalue weighted by Gasteiger charge is 2.22. The van der Waals surface area contributed by atoms with Crippen LogP contribution in [0.25, 0.3) is 0 Å². The lowest BCUT2D eigenvalue weighted by molar-refractivity contribution is -0.0704. The fraction of sp³-hybridized carbons (Fsp3) is 0.688. The van der Waals surface area contributed by atoms with E-state index in [1.165, 1.54) is 5.56 Å². The minimum atomic E-state index is 0.314. The van der Waals surface area contributed by atoms with E-state index >= 15 is 0 Å². The number of morpholine rings is 2. The van der Waals surface area contributed by atoms with E-state index in [1.807, 2.05) is 6.20 Å². The summed E-state index contributed by atoms with van der Waals surface area (Å²) in [6.07, 6.45) is 2.55. The number of hydrogen-bond acceptors (Lipinski definition) is 5. The summed E-state index contributed by atoms with van der Waals surface area (Å²) in [6, 6.07) is 4.34. The molecular weight excluding hydrogens is 266 g/mol. The van der Waals surface area contributed by atoms with Crippen molar-refractivity contribution >= 4 is 5.82 Å². The Hall–Kier alpha value is -1.17. The Bertz CT molecular complexity index is 453.